The highest BCUT2D eigenvalue weighted by molar-refractivity contribution is 5.43. The monoisotopic (exact) mass is 270 g/mol. The maximum Gasteiger partial charge on any atom is 0.224 e. The van der Waals surface area contributed by atoms with Gasteiger partial charge in [-0.1, -0.05) is 49.8 Å². The first-order chi connectivity index (χ1) is 9.70. The summed E-state index contributed by atoms with van der Waals surface area (Å²) >= 11 is 0. The average Bonchev–Trinajstić information content (AvgIpc) is 2.83. The van der Waals surface area contributed by atoms with Crippen molar-refractivity contribution in [1.82, 2.24) is 14.8 Å². The van der Waals surface area contributed by atoms with Crippen LogP contribution in [0.15, 0.2) is 36.4 Å². The Hall–Kier alpha value is -2.10. The normalized spacial score (nSPS) is 11.2. The lowest BCUT2D eigenvalue weighted by Gasteiger charge is -2.12. The molecule has 0 fully saturated rings. The van der Waals surface area contributed by atoms with Crippen LogP contribution < -0.4 is 4.90 Å². The second-order valence-electron chi connectivity index (χ2n) is 5.00. The van der Waals surface area contributed by atoms with Crippen LogP contribution in [0.1, 0.15) is 31.2 Å². The van der Waals surface area contributed by atoms with Crippen molar-refractivity contribution in [3.63, 3.8) is 0 Å². The van der Waals surface area contributed by atoms with E-state index in [-0.39, 0.29) is 0 Å². The van der Waals surface area contributed by atoms with E-state index < -0.39 is 0 Å². The van der Waals surface area contributed by atoms with Crippen LogP contribution in [0.5, 0.6) is 0 Å². The summed E-state index contributed by atoms with van der Waals surface area (Å²) in [5.41, 5.74) is 1.23. The Labute approximate surface area is 120 Å². The van der Waals surface area contributed by atoms with Crippen LogP contribution in [-0.4, -0.2) is 28.9 Å². The van der Waals surface area contributed by atoms with Gasteiger partial charge in [0, 0.05) is 14.1 Å². The fraction of sp³-hybridized carbons (Fsp3) is 0.375. The van der Waals surface area contributed by atoms with Gasteiger partial charge < -0.3 is 4.90 Å². The summed E-state index contributed by atoms with van der Waals surface area (Å²) in [5.74, 6) is 1.66. The van der Waals surface area contributed by atoms with E-state index in [1.54, 1.807) is 0 Å². The van der Waals surface area contributed by atoms with Gasteiger partial charge in [-0.05, 0) is 18.1 Å². The Morgan fingerprint density at radius 2 is 1.95 bits per heavy atom. The lowest BCUT2D eigenvalue weighted by Crippen LogP contribution is -2.16. The molecule has 20 heavy (non-hydrogen) atoms. The Kier molecular flexibility index (Phi) is 4.93. The third kappa shape index (κ3) is 3.70. The van der Waals surface area contributed by atoms with Gasteiger partial charge in [0.2, 0.25) is 5.95 Å². The van der Waals surface area contributed by atoms with Crippen LogP contribution in [0.4, 0.5) is 5.95 Å². The molecule has 0 N–H and O–H groups in total. The van der Waals surface area contributed by atoms with Crippen molar-refractivity contribution in [2.75, 3.05) is 19.0 Å². The molecule has 2 rings (SSSR count). The predicted octanol–water partition coefficient (Wildman–Crippen LogP) is 3.21. The largest absolute Gasteiger partial charge is 0.347 e. The minimum Gasteiger partial charge on any atom is -0.347 e. The van der Waals surface area contributed by atoms with E-state index in [0.29, 0.717) is 0 Å². The van der Waals surface area contributed by atoms with Gasteiger partial charge in [0.25, 0.3) is 0 Å². The van der Waals surface area contributed by atoms with Crippen LogP contribution in [-0.2, 0) is 6.54 Å². The minimum absolute atomic E-state index is 0.739. The number of allylic oxidation sites excluding steroid dienone is 1. The molecule has 2 aromatic rings. The molecule has 0 spiro atoms. The van der Waals surface area contributed by atoms with Crippen molar-refractivity contribution in [2.24, 2.45) is 0 Å². The molecule has 0 aliphatic rings. The molecule has 0 aliphatic heterocycles. The van der Waals surface area contributed by atoms with Crippen molar-refractivity contribution >= 4 is 12.0 Å². The van der Waals surface area contributed by atoms with Gasteiger partial charge in [-0.25, -0.2) is 4.68 Å². The van der Waals surface area contributed by atoms with Crippen molar-refractivity contribution in [3.8, 4) is 0 Å². The molecule has 1 aromatic heterocycles. The zero-order chi connectivity index (χ0) is 14.4. The third-order valence-electron chi connectivity index (χ3n) is 2.97. The van der Waals surface area contributed by atoms with Gasteiger partial charge in [-0.3, -0.25) is 0 Å². The molecule has 0 saturated carbocycles. The second-order valence-corrected chi connectivity index (χ2v) is 5.00. The molecular formula is C16H22N4. The first kappa shape index (κ1) is 14.3. The molecule has 0 unspecified atom stereocenters. The van der Waals surface area contributed by atoms with E-state index >= 15 is 0 Å². The highest BCUT2D eigenvalue weighted by atomic mass is 15.4. The Bertz CT molecular complexity index is 555. The van der Waals surface area contributed by atoms with Gasteiger partial charge in [-0.15, -0.1) is 5.10 Å². The summed E-state index contributed by atoms with van der Waals surface area (Å²) in [6.45, 7) is 2.90. The number of rotatable bonds is 6. The molecule has 0 atom stereocenters. The molecule has 0 amide bonds. The van der Waals surface area contributed by atoms with E-state index in [1.807, 2.05) is 48.0 Å². The van der Waals surface area contributed by atoms with Crippen LogP contribution in [0.2, 0.25) is 0 Å². The van der Waals surface area contributed by atoms with Gasteiger partial charge >= 0.3 is 0 Å². The quantitative estimate of drug-likeness (QED) is 0.808. The smallest absolute Gasteiger partial charge is 0.224 e. The zero-order valence-electron chi connectivity index (χ0n) is 12.5. The number of nitrogens with zero attached hydrogens (tertiary/aromatic N) is 4. The Morgan fingerprint density at radius 3 is 2.60 bits per heavy atom. The molecule has 4 heteroatoms. The topological polar surface area (TPSA) is 34.0 Å². The molecule has 4 nitrogen and oxygen atoms in total. The summed E-state index contributed by atoms with van der Waals surface area (Å²) in [6, 6.07) is 10.3. The van der Waals surface area contributed by atoms with Crippen molar-refractivity contribution in [1.29, 1.82) is 0 Å². The molecule has 0 aliphatic carbocycles. The SMILES string of the molecule is CCCC=Cc1nc(N(C)C)n(Cc2ccccc2)n1. The highest BCUT2D eigenvalue weighted by Gasteiger charge is 2.10. The number of hydrogen-bond acceptors (Lipinski definition) is 3. The first-order valence-electron chi connectivity index (χ1n) is 7.03. The molecule has 1 aromatic carbocycles. The van der Waals surface area contributed by atoms with Gasteiger partial charge in [-0.2, -0.15) is 4.98 Å². The number of benzene rings is 1. The summed E-state index contributed by atoms with van der Waals surface area (Å²) in [6.07, 6.45) is 6.33. The Balaban J connectivity index is 2.22. The van der Waals surface area contributed by atoms with Gasteiger partial charge in [0.05, 0.1) is 6.54 Å². The van der Waals surface area contributed by atoms with Crippen LogP contribution in [0.25, 0.3) is 6.08 Å². The molecular weight excluding hydrogens is 248 g/mol. The van der Waals surface area contributed by atoms with E-state index in [2.05, 4.69) is 35.2 Å². The summed E-state index contributed by atoms with van der Waals surface area (Å²) in [7, 11) is 3.98. The zero-order valence-corrected chi connectivity index (χ0v) is 12.5. The number of anilines is 1. The maximum absolute atomic E-state index is 4.58. The third-order valence-corrected chi connectivity index (χ3v) is 2.97. The van der Waals surface area contributed by atoms with Crippen LogP contribution >= 0.6 is 0 Å². The average molecular weight is 270 g/mol. The molecule has 0 bridgehead atoms. The Morgan fingerprint density at radius 1 is 1.20 bits per heavy atom. The predicted molar refractivity (Wildman–Crippen MR) is 83.8 cm³/mol. The van der Waals surface area contributed by atoms with E-state index in [0.717, 1.165) is 31.2 Å². The maximum atomic E-state index is 4.58. The molecule has 106 valence electrons. The standard InChI is InChI=1S/C16H22N4/c1-4-5-7-12-15-17-16(19(2)3)20(18-15)13-14-10-8-6-9-11-14/h6-12H,4-5,13H2,1-3H3. The highest BCUT2D eigenvalue weighted by Crippen LogP contribution is 2.13. The van der Waals surface area contributed by atoms with Crippen LogP contribution in [0.3, 0.4) is 0 Å². The minimum atomic E-state index is 0.739. The number of aromatic nitrogens is 3. The van der Waals surface area contributed by atoms with Crippen LogP contribution in [0, 0.1) is 0 Å². The summed E-state index contributed by atoms with van der Waals surface area (Å²) < 4.78 is 1.95. The van der Waals surface area contributed by atoms with Gasteiger partial charge in [0.1, 0.15) is 0 Å². The first-order valence-corrected chi connectivity index (χ1v) is 7.03. The molecule has 0 saturated heterocycles. The van der Waals surface area contributed by atoms with E-state index in [1.165, 1.54) is 5.56 Å². The lowest BCUT2D eigenvalue weighted by atomic mass is 10.2. The van der Waals surface area contributed by atoms with E-state index in [4.69, 9.17) is 0 Å². The second kappa shape index (κ2) is 6.89. The fourth-order valence-corrected chi connectivity index (χ4v) is 1.97. The fourth-order valence-electron chi connectivity index (χ4n) is 1.97. The summed E-state index contributed by atoms with van der Waals surface area (Å²) in [5, 5.41) is 4.58. The number of unbranched alkanes of at least 4 members (excludes halogenated alkanes) is 1. The molecule has 0 radical (unpaired) electrons. The van der Waals surface area contributed by atoms with E-state index in [9.17, 15) is 0 Å². The lowest BCUT2D eigenvalue weighted by molar-refractivity contribution is 0.676. The van der Waals surface area contributed by atoms with Crippen molar-refractivity contribution in [3.05, 3.63) is 47.8 Å². The van der Waals surface area contributed by atoms with Crippen molar-refractivity contribution in [2.45, 2.75) is 26.3 Å². The molecule has 1 heterocycles. The summed E-state index contributed by atoms with van der Waals surface area (Å²) in [4.78, 5) is 6.56. The number of hydrogen-bond donors (Lipinski definition) is 0. The van der Waals surface area contributed by atoms with Crippen molar-refractivity contribution < 1.29 is 0 Å². The van der Waals surface area contributed by atoms with Gasteiger partial charge in [0.15, 0.2) is 5.82 Å².